The van der Waals surface area contributed by atoms with Crippen molar-refractivity contribution in [3.63, 3.8) is 0 Å². The topological polar surface area (TPSA) is 80.4 Å². The lowest BCUT2D eigenvalue weighted by Gasteiger charge is -2.21. The molecule has 0 atom stereocenters. The summed E-state index contributed by atoms with van der Waals surface area (Å²) in [6.07, 6.45) is 3.51. The van der Waals surface area contributed by atoms with Crippen LogP contribution in [0, 0.1) is 0 Å². The first-order chi connectivity index (χ1) is 11.6. The summed E-state index contributed by atoms with van der Waals surface area (Å²) in [6.45, 7) is 5.75. The van der Waals surface area contributed by atoms with Crippen LogP contribution < -0.4 is 16.5 Å². The van der Waals surface area contributed by atoms with Crippen LogP contribution in [0.3, 0.4) is 0 Å². The number of carbonyl (C=O) groups is 1. The third-order valence-electron chi connectivity index (χ3n) is 4.46. The van der Waals surface area contributed by atoms with Crippen molar-refractivity contribution in [2.24, 2.45) is 0 Å². The van der Waals surface area contributed by atoms with Crippen LogP contribution in [-0.4, -0.2) is 41.6 Å². The van der Waals surface area contributed by atoms with Crippen LogP contribution in [0.4, 0.5) is 5.69 Å². The smallest absolute Gasteiger partial charge is 0.259 e. The Kier molecular flexibility index (Phi) is 4.85. The van der Waals surface area contributed by atoms with E-state index in [9.17, 15) is 9.59 Å². The zero-order chi connectivity index (χ0) is 17.1. The zero-order valence-corrected chi connectivity index (χ0v) is 14.0. The van der Waals surface area contributed by atoms with Gasteiger partial charge in [0.1, 0.15) is 5.56 Å². The molecule has 24 heavy (non-hydrogen) atoms. The van der Waals surface area contributed by atoms with E-state index in [0.29, 0.717) is 24.2 Å². The number of anilines is 1. The van der Waals surface area contributed by atoms with Gasteiger partial charge in [-0.3, -0.25) is 9.59 Å². The van der Waals surface area contributed by atoms with Crippen molar-refractivity contribution in [3.05, 3.63) is 40.2 Å². The molecule has 1 aliphatic rings. The highest BCUT2D eigenvalue weighted by atomic mass is 16.2. The molecule has 1 aromatic heterocycles. The number of nitrogens with two attached hydrogens (primary N) is 1. The largest absolute Gasteiger partial charge is 0.398 e. The van der Waals surface area contributed by atoms with Crippen LogP contribution in [0.2, 0.25) is 0 Å². The number of amides is 1. The fraction of sp³-hybridized carbons (Fsp3) is 0.444. The second kappa shape index (κ2) is 7.05. The minimum atomic E-state index is -0.266. The van der Waals surface area contributed by atoms with Crippen molar-refractivity contribution >= 4 is 22.5 Å². The molecule has 1 aliphatic heterocycles. The van der Waals surface area contributed by atoms with Crippen LogP contribution >= 0.6 is 0 Å². The highest BCUT2D eigenvalue weighted by Crippen LogP contribution is 2.19. The number of rotatable bonds is 3. The van der Waals surface area contributed by atoms with Crippen LogP contribution in [0.25, 0.3) is 10.9 Å². The first kappa shape index (κ1) is 16.5. The number of aromatic nitrogens is 1. The Bertz CT molecular complexity index is 805. The number of nitrogen functional groups attached to an aromatic ring is 1. The molecule has 2 aromatic rings. The van der Waals surface area contributed by atoms with E-state index in [1.165, 1.54) is 0 Å². The highest BCUT2D eigenvalue weighted by Gasteiger charge is 2.22. The molecule has 1 fully saturated rings. The van der Waals surface area contributed by atoms with E-state index in [1.54, 1.807) is 17.2 Å². The highest BCUT2D eigenvalue weighted by molar-refractivity contribution is 6.00. The molecular weight excluding hydrogens is 304 g/mol. The minimum absolute atomic E-state index is 0.196. The van der Waals surface area contributed by atoms with Crippen LogP contribution in [-0.2, 0) is 6.54 Å². The molecular formula is C18H24N4O2. The van der Waals surface area contributed by atoms with Gasteiger partial charge in [-0.2, -0.15) is 0 Å². The predicted molar refractivity (Wildman–Crippen MR) is 96.3 cm³/mol. The van der Waals surface area contributed by atoms with Crippen molar-refractivity contribution in [2.75, 3.05) is 31.9 Å². The first-order valence-electron chi connectivity index (χ1n) is 8.55. The number of nitrogens with zero attached hydrogens (tertiary/aromatic N) is 2. The lowest BCUT2D eigenvalue weighted by atomic mass is 10.1. The Morgan fingerprint density at radius 1 is 1.29 bits per heavy atom. The van der Waals surface area contributed by atoms with E-state index >= 15 is 0 Å². The Hall–Kier alpha value is -2.34. The molecule has 0 radical (unpaired) electrons. The van der Waals surface area contributed by atoms with Crippen molar-refractivity contribution in [2.45, 2.75) is 26.3 Å². The van der Waals surface area contributed by atoms with E-state index in [-0.39, 0.29) is 16.9 Å². The Balaban J connectivity index is 2.13. The van der Waals surface area contributed by atoms with Crippen LogP contribution in [0.15, 0.2) is 29.2 Å². The standard InChI is InChI=1S/C18H24N4O2/c1-2-9-22-12-13(18(24)21-10-4-7-20-8-11-21)17(23)16-14(19)5-3-6-15(16)22/h3,5-6,12,20H,2,4,7-11,19H2,1H3. The molecule has 0 spiro atoms. The maximum absolute atomic E-state index is 12.9. The molecule has 1 saturated heterocycles. The maximum atomic E-state index is 12.9. The third-order valence-corrected chi connectivity index (χ3v) is 4.46. The molecule has 3 rings (SSSR count). The molecule has 1 amide bonds. The lowest BCUT2D eigenvalue weighted by molar-refractivity contribution is 0.0764. The van der Waals surface area contributed by atoms with E-state index in [0.717, 1.165) is 38.0 Å². The van der Waals surface area contributed by atoms with E-state index in [4.69, 9.17) is 5.73 Å². The molecule has 6 nitrogen and oxygen atoms in total. The van der Waals surface area contributed by atoms with Gasteiger partial charge >= 0.3 is 0 Å². The fourth-order valence-electron chi connectivity index (χ4n) is 3.26. The number of nitrogens with one attached hydrogen (secondary N) is 1. The van der Waals surface area contributed by atoms with Gasteiger partial charge in [-0.15, -0.1) is 0 Å². The number of fused-ring (bicyclic) bond motifs is 1. The van der Waals surface area contributed by atoms with Gasteiger partial charge < -0.3 is 20.5 Å². The normalized spacial score (nSPS) is 15.5. The molecule has 3 N–H and O–H groups in total. The van der Waals surface area contributed by atoms with Gasteiger partial charge in [0.25, 0.3) is 5.91 Å². The summed E-state index contributed by atoms with van der Waals surface area (Å²) >= 11 is 0. The van der Waals surface area contributed by atoms with Crippen molar-refractivity contribution in [1.29, 1.82) is 0 Å². The van der Waals surface area contributed by atoms with Crippen molar-refractivity contribution in [3.8, 4) is 0 Å². The Morgan fingerprint density at radius 2 is 2.12 bits per heavy atom. The summed E-state index contributed by atoms with van der Waals surface area (Å²) in [6, 6.07) is 5.43. The molecule has 2 heterocycles. The van der Waals surface area contributed by atoms with E-state index in [1.807, 2.05) is 16.7 Å². The molecule has 0 saturated carbocycles. The molecule has 0 aliphatic carbocycles. The number of pyridine rings is 1. The van der Waals surface area contributed by atoms with Gasteiger partial charge in [0.15, 0.2) is 0 Å². The summed E-state index contributed by atoms with van der Waals surface area (Å²) in [5, 5.41) is 3.72. The first-order valence-corrected chi connectivity index (χ1v) is 8.55. The van der Waals surface area contributed by atoms with Gasteiger partial charge in [0, 0.05) is 38.1 Å². The van der Waals surface area contributed by atoms with Gasteiger partial charge in [0.2, 0.25) is 5.43 Å². The average Bonchev–Trinajstić information content (AvgIpc) is 2.86. The Morgan fingerprint density at radius 3 is 2.92 bits per heavy atom. The van der Waals surface area contributed by atoms with E-state index < -0.39 is 0 Å². The summed E-state index contributed by atoms with van der Waals surface area (Å²) in [7, 11) is 0. The molecule has 1 aromatic carbocycles. The number of aryl methyl sites for hydroxylation is 1. The molecule has 6 heteroatoms. The van der Waals surface area contributed by atoms with Gasteiger partial charge in [-0.25, -0.2) is 0 Å². The van der Waals surface area contributed by atoms with Crippen LogP contribution in [0.1, 0.15) is 30.1 Å². The number of carbonyl (C=O) groups excluding carboxylic acids is 1. The number of hydrogen-bond donors (Lipinski definition) is 2. The zero-order valence-electron chi connectivity index (χ0n) is 14.0. The monoisotopic (exact) mass is 328 g/mol. The predicted octanol–water partition coefficient (Wildman–Crippen LogP) is 1.43. The molecule has 0 unspecified atom stereocenters. The molecule has 0 bridgehead atoms. The fourth-order valence-corrected chi connectivity index (χ4v) is 3.26. The van der Waals surface area contributed by atoms with Crippen molar-refractivity contribution < 1.29 is 4.79 Å². The summed E-state index contributed by atoms with van der Waals surface area (Å²) < 4.78 is 1.97. The quantitative estimate of drug-likeness (QED) is 0.835. The van der Waals surface area contributed by atoms with Crippen molar-refractivity contribution in [1.82, 2.24) is 14.8 Å². The number of benzene rings is 1. The third kappa shape index (κ3) is 3.01. The van der Waals surface area contributed by atoms with Gasteiger partial charge in [0.05, 0.1) is 10.9 Å². The van der Waals surface area contributed by atoms with Gasteiger partial charge in [-0.1, -0.05) is 13.0 Å². The summed E-state index contributed by atoms with van der Waals surface area (Å²) in [4.78, 5) is 27.6. The molecule has 128 valence electrons. The average molecular weight is 328 g/mol. The summed E-state index contributed by atoms with van der Waals surface area (Å²) in [5.74, 6) is -0.196. The van der Waals surface area contributed by atoms with Gasteiger partial charge in [-0.05, 0) is 31.5 Å². The van der Waals surface area contributed by atoms with Crippen LogP contribution in [0.5, 0.6) is 0 Å². The second-order valence-corrected chi connectivity index (χ2v) is 6.20. The number of hydrogen-bond acceptors (Lipinski definition) is 4. The SMILES string of the molecule is CCCn1cc(C(=O)N2CCCNCC2)c(=O)c2c(N)cccc21. The van der Waals surface area contributed by atoms with E-state index in [2.05, 4.69) is 12.2 Å². The minimum Gasteiger partial charge on any atom is -0.398 e. The summed E-state index contributed by atoms with van der Waals surface area (Å²) in [5.41, 5.74) is 7.21. The second-order valence-electron chi connectivity index (χ2n) is 6.20. The maximum Gasteiger partial charge on any atom is 0.259 e. The lowest BCUT2D eigenvalue weighted by Crippen LogP contribution is -2.37. The Labute approximate surface area is 141 Å².